The van der Waals surface area contributed by atoms with Crippen molar-refractivity contribution in [3.05, 3.63) is 0 Å². The molecule has 0 saturated carbocycles. The predicted octanol–water partition coefficient (Wildman–Crippen LogP) is -1.08. The molecule has 1 aliphatic rings. The average Bonchev–Trinajstić information content (AvgIpc) is 2.14. The maximum absolute atomic E-state index is 10.3. The number of amides is 1. The van der Waals surface area contributed by atoms with Crippen molar-refractivity contribution in [2.75, 3.05) is 0 Å². The molecule has 4 heteroatoms. The van der Waals surface area contributed by atoms with Crippen LogP contribution in [-0.4, -0.2) is 18.4 Å². The van der Waals surface area contributed by atoms with Gasteiger partial charge in [-0.3, -0.25) is 4.79 Å². The van der Waals surface area contributed by atoms with Crippen LogP contribution in [0.4, 0.5) is 0 Å². The molecule has 1 atom stereocenters. The lowest BCUT2D eigenvalue weighted by molar-refractivity contribution is -0.125. The molecule has 0 spiro atoms. The Bertz CT molecular complexity index is 152. The number of hydrazone groups is 1. The summed E-state index contributed by atoms with van der Waals surface area (Å²) in [5.74, 6) is -1.00. The van der Waals surface area contributed by atoms with Crippen LogP contribution in [0.1, 0.15) is 0 Å². The van der Waals surface area contributed by atoms with Crippen molar-refractivity contribution in [1.82, 2.24) is 5.43 Å². The molecule has 1 rings (SSSR count). The maximum Gasteiger partial charge on any atom is 0.255 e. The molecule has 0 saturated heterocycles. The van der Waals surface area contributed by atoms with Gasteiger partial charge in [0, 0.05) is 6.21 Å². The van der Waals surface area contributed by atoms with Gasteiger partial charge in [-0.25, -0.2) is 5.43 Å². The van der Waals surface area contributed by atoms with Crippen LogP contribution in [0.5, 0.6) is 0 Å². The first kappa shape index (κ1) is 4.96. The highest BCUT2D eigenvalue weighted by Crippen LogP contribution is 1.92. The average molecular weight is 112 g/mol. The first-order valence-electron chi connectivity index (χ1n) is 2.13. The van der Waals surface area contributed by atoms with Crippen LogP contribution in [0.2, 0.25) is 0 Å². The van der Waals surface area contributed by atoms with Gasteiger partial charge in [-0.05, 0) is 0 Å². The molecular formula is C4H4N2O2. The monoisotopic (exact) mass is 112 g/mol. The third kappa shape index (κ3) is 0.598. The van der Waals surface area contributed by atoms with Gasteiger partial charge in [-0.1, -0.05) is 0 Å². The zero-order valence-electron chi connectivity index (χ0n) is 4.00. The van der Waals surface area contributed by atoms with Gasteiger partial charge >= 0.3 is 0 Å². The second kappa shape index (κ2) is 1.73. The zero-order chi connectivity index (χ0) is 5.98. The van der Waals surface area contributed by atoms with Gasteiger partial charge in [0.15, 0.2) is 0 Å². The first-order valence-corrected chi connectivity index (χ1v) is 2.13. The van der Waals surface area contributed by atoms with Crippen molar-refractivity contribution in [2.45, 2.75) is 0 Å². The van der Waals surface area contributed by atoms with Crippen molar-refractivity contribution in [1.29, 1.82) is 0 Å². The minimum atomic E-state index is -0.657. The van der Waals surface area contributed by atoms with Gasteiger partial charge in [-0.15, -0.1) is 0 Å². The van der Waals surface area contributed by atoms with Gasteiger partial charge in [0.25, 0.3) is 5.91 Å². The Balaban J connectivity index is 2.66. The Morgan fingerprint density at radius 3 is 2.88 bits per heavy atom. The molecule has 0 bridgehead atoms. The molecule has 0 fully saturated rings. The smallest absolute Gasteiger partial charge is 0.255 e. The van der Waals surface area contributed by atoms with E-state index in [9.17, 15) is 9.59 Å². The van der Waals surface area contributed by atoms with Crippen LogP contribution in [0.15, 0.2) is 5.10 Å². The van der Waals surface area contributed by atoms with E-state index in [2.05, 4.69) is 10.5 Å². The summed E-state index contributed by atoms with van der Waals surface area (Å²) in [6.07, 6.45) is 1.82. The minimum Gasteiger partial charge on any atom is -0.302 e. The number of nitrogens with one attached hydrogen (secondary N) is 1. The third-order valence-electron chi connectivity index (χ3n) is 0.859. The van der Waals surface area contributed by atoms with Gasteiger partial charge in [0.05, 0.1) is 0 Å². The molecule has 42 valence electrons. The molecule has 8 heavy (non-hydrogen) atoms. The van der Waals surface area contributed by atoms with Gasteiger partial charge < -0.3 is 4.79 Å². The number of aldehydes is 1. The van der Waals surface area contributed by atoms with E-state index < -0.39 is 5.92 Å². The van der Waals surface area contributed by atoms with Crippen molar-refractivity contribution in [3.8, 4) is 0 Å². The van der Waals surface area contributed by atoms with Crippen molar-refractivity contribution < 1.29 is 9.59 Å². The summed E-state index contributed by atoms with van der Waals surface area (Å²) >= 11 is 0. The summed E-state index contributed by atoms with van der Waals surface area (Å²) in [5, 5.41) is 3.36. The van der Waals surface area contributed by atoms with E-state index in [1.165, 1.54) is 6.21 Å². The molecule has 0 aromatic carbocycles. The Morgan fingerprint density at radius 2 is 2.62 bits per heavy atom. The number of rotatable bonds is 1. The van der Waals surface area contributed by atoms with Crippen LogP contribution in [-0.2, 0) is 9.59 Å². The minimum absolute atomic E-state index is 0.347. The fourth-order valence-electron chi connectivity index (χ4n) is 0.420. The van der Waals surface area contributed by atoms with Crippen LogP contribution in [0.25, 0.3) is 0 Å². The van der Waals surface area contributed by atoms with E-state index in [-0.39, 0.29) is 5.91 Å². The van der Waals surface area contributed by atoms with Gasteiger partial charge in [-0.2, -0.15) is 5.10 Å². The summed E-state index contributed by atoms with van der Waals surface area (Å²) in [7, 11) is 0. The normalized spacial score (nSPS) is 25.5. The number of hydrogen-bond donors (Lipinski definition) is 1. The van der Waals surface area contributed by atoms with Crippen molar-refractivity contribution >= 4 is 18.4 Å². The highest BCUT2D eigenvalue weighted by molar-refractivity contribution is 6.08. The van der Waals surface area contributed by atoms with E-state index in [1.807, 2.05) is 0 Å². The maximum atomic E-state index is 10.3. The van der Waals surface area contributed by atoms with Crippen LogP contribution in [0.3, 0.4) is 0 Å². The second-order valence-corrected chi connectivity index (χ2v) is 1.42. The van der Waals surface area contributed by atoms with Crippen LogP contribution >= 0.6 is 0 Å². The summed E-state index contributed by atoms with van der Waals surface area (Å²) < 4.78 is 0. The Kier molecular flexibility index (Phi) is 1.07. The van der Waals surface area contributed by atoms with Crippen LogP contribution in [0, 0.1) is 5.92 Å². The molecule has 1 aliphatic heterocycles. The van der Waals surface area contributed by atoms with E-state index in [4.69, 9.17) is 0 Å². The largest absolute Gasteiger partial charge is 0.302 e. The number of nitrogens with zero attached hydrogens (tertiary/aromatic N) is 1. The van der Waals surface area contributed by atoms with E-state index in [0.717, 1.165) is 0 Å². The highest BCUT2D eigenvalue weighted by atomic mass is 16.2. The Labute approximate surface area is 45.6 Å². The predicted molar refractivity (Wildman–Crippen MR) is 26.2 cm³/mol. The molecule has 1 heterocycles. The molecule has 0 radical (unpaired) electrons. The molecular weight excluding hydrogens is 108 g/mol. The first-order chi connectivity index (χ1) is 3.84. The van der Waals surface area contributed by atoms with E-state index in [0.29, 0.717) is 6.29 Å². The molecule has 4 nitrogen and oxygen atoms in total. The van der Waals surface area contributed by atoms with E-state index in [1.54, 1.807) is 0 Å². The number of carbonyl (C=O) groups is 2. The summed E-state index contributed by atoms with van der Waals surface area (Å²) in [5.41, 5.74) is 2.12. The van der Waals surface area contributed by atoms with Crippen LogP contribution < -0.4 is 5.43 Å². The number of hydrogen-bond acceptors (Lipinski definition) is 3. The molecule has 0 aromatic rings. The summed E-state index contributed by atoms with van der Waals surface area (Å²) in [4.78, 5) is 20.2. The highest BCUT2D eigenvalue weighted by Gasteiger charge is 2.18. The molecule has 1 amide bonds. The standard InChI is InChI=1S/C4H4N2O2/c7-2-3-1-5-6-4(3)8/h1-3H,(H,6,8). The Hall–Kier alpha value is -1.19. The molecule has 0 aromatic heterocycles. The lowest BCUT2D eigenvalue weighted by Gasteiger charge is -1.87. The van der Waals surface area contributed by atoms with Gasteiger partial charge in [0.2, 0.25) is 0 Å². The molecule has 0 aliphatic carbocycles. The number of carbonyl (C=O) groups excluding carboxylic acids is 2. The van der Waals surface area contributed by atoms with Crippen molar-refractivity contribution in [3.63, 3.8) is 0 Å². The molecule has 1 N–H and O–H groups in total. The summed E-state index contributed by atoms with van der Waals surface area (Å²) in [6, 6.07) is 0. The zero-order valence-corrected chi connectivity index (χ0v) is 4.00. The third-order valence-corrected chi connectivity index (χ3v) is 0.859. The lowest BCUT2D eigenvalue weighted by atomic mass is 10.2. The topological polar surface area (TPSA) is 58.5 Å². The van der Waals surface area contributed by atoms with Gasteiger partial charge in [0.1, 0.15) is 12.2 Å². The fourth-order valence-corrected chi connectivity index (χ4v) is 0.420. The van der Waals surface area contributed by atoms with Crippen molar-refractivity contribution in [2.24, 2.45) is 11.0 Å². The summed E-state index contributed by atoms with van der Waals surface area (Å²) in [6.45, 7) is 0. The van der Waals surface area contributed by atoms with E-state index >= 15 is 0 Å². The quantitative estimate of drug-likeness (QED) is 0.346. The molecule has 1 unspecified atom stereocenters. The SMILES string of the molecule is O=CC1C=NNC1=O. The fraction of sp³-hybridized carbons (Fsp3) is 0.250. The lowest BCUT2D eigenvalue weighted by Crippen LogP contribution is -2.20. The Morgan fingerprint density at radius 1 is 1.88 bits per heavy atom. The second-order valence-electron chi connectivity index (χ2n) is 1.42.